The van der Waals surface area contributed by atoms with Crippen LogP contribution in [0.25, 0.3) is 0 Å². The number of aryl methyl sites for hydroxylation is 3. The number of nitrogens with zero attached hydrogens (tertiary/aromatic N) is 2. The fourth-order valence-electron chi connectivity index (χ4n) is 3.31. The maximum absolute atomic E-state index is 6.19. The molecule has 1 aliphatic heterocycles. The summed E-state index contributed by atoms with van der Waals surface area (Å²) in [6.07, 6.45) is 5.00. The normalized spacial score (nSPS) is 16.8. The van der Waals surface area contributed by atoms with E-state index >= 15 is 0 Å². The van der Waals surface area contributed by atoms with E-state index in [2.05, 4.69) is 59.8 Å². The van der Waals surface area contributed by atoms with E-state index in [9.17, 15) is 0 Å². The third-order valence-electron chi connectivity index (χ3n) is 5.01. The fraction of sp³-hybridized carbons (Fsp3) is 0.545. The number of hydrogen-bond donors (Lipinski definition) is 3. The minimum absolute atomic E-state index is 0.136. The zero-order valence-corrected chi connectivity index (χ0v) is 17.8. The molecular formula is C22H33N5O2. The Kier molecular flexibility index (Phi) is 7.93. The zero-order chi connectivity index (χ0) is 20.5. The average molecular weight is 400 g/mol. The molecule has 1 atom stereocenters. The molecule has 1 aromatic heterocycles. The van der Waals surface area contributed by atoms with Crippen molar-refractivity contribution >= 4 is 5.96 Å². The van der Waals surface area contributed by atoms with Gasteiger partial charge in [-0.05, 0) is 50.8 Å². The third-order valence-corrected chi connectivity index (χ3v) is 5.01. The van der Waals surface area contributed by atoms with Gasteiger partial charge < -0.3 is 20.1 Å². The number of nitrogens with one attached hydrogen (secondary N) is 3. The summed E-state index contributed by atoms with van der Waals surface area (Å²) in [5, 5.41) is 13.8. The molecule has 1 aromatic carbocycles. The Hall–Kier alpha value is -2.54. The van der Waals surface area contributed by atoms with Crippen LogP contribution in [0.15, 0.2) is 29.4 Å². The molecule has 1 saturated heterocycles. The van der Waals surface area contributed by atoms with E-state index in [-0.39, 0.29) is 6.10 Å². The van der Waals surface area contributed by atoms with Gasteiger partial charge in [-0.25, -0.2) is 4.99 Å². The standard InChI is InChI=1S/C22H33N5O2/c1-4-23-22(24-10-5-6-18-14-26-27-17(18)3)25-13-19-8-7-16(2)12-21(19)29-20-9-11-28-15-20/h7-8,12,14,20H,4-6,9-11,13,15H2,1-3H3,(H,26,27)(H2,23,24,25). The van der Waals surface area contributed by atoms with Crippen molar-refractivity contribution in [2.24, 2.45) is 4.99 Å². The second-order valence-corrected chi connectivity index (χ2v) is 7.46. The highest BCUT2D eigenvalue weighted by molar-refractivity contribution is 5.79. The van der Waals surface area contributed by atoms with Crippen molar-refractivity contribution in [1.29, 1.82) is 0 Å². The molecule has 1 fully saturated rings. The molecule has 1 unspecified atom stereocenters. The van der Waals surface area contributed by atoms with Crippen molar-refractivity contribution in [3.8, 4) is 5.75 Å². The molecule has 1 aliphatic rings. The number of hydrogen-bond acceptors (Lipinski definition) is 4. The molecule has 0 bridgehead atoms. The number of aromatic nitrogens is 2. The Morgan fingerprint density at radius 1 is 1.31 bits per heavy atom. The first kappa shape index (κ1) is 21.2. The molecule has 7 nitrogen and oxygen atoms in total. The van der Waals surface area contributed by atoms with Crippen molar-refractivity contribution in [3.05, 3.63) is 46.8 Å². The summed E-state index contributed by atoms with van der Waals surface area (Å²) in [6.45, 7) is 9.90. The van der Waals surface area contributed by atoms with Crippen molar-refractivity contribution in [2.45, 2.75) is 52.7 Å². The largest absolute Gasteiger partial charge is 0.488 e. The maximum atomic E-state index is 6.19. The van der Waals surface area contributed by atoms with E-state index in [1.165, 1.54) is 11.1 Å². The van der Waals surface area contributed by atoms with Crippen LogP contribution >= 0.6 is 0 Å². The third kappa shape index (κ3) is 6.49. The van der Waals surface area contributed by atoms with Crippen molar-refractivity contribution < 1.29 is 9.47 Å². The van der Waals surface area contributed by atoms with E-state index in [4.69, 9.17) is 14.5 Å². The Bertz CT molecular complexity index is 796. The fourth-order valence-corrected chi connectivity index (χ4v) is 3.31. The number of ether oxygens (including phenoxy) is 2. The second-order valence-electron chi connectivity index (χ2n) is 7.46. The van der Waals surface area contributed by atoms with Gasteiger partial charge in [0.2, 0.25) is 0 Å². The van der Waals surface area contributed by atoms with Gasteiger partial charge in [0, 0.05) is 30.8 Å². The van der Waals surface area contributed by atoms with Crippen LogP contribution in [0.4, 0.5) is 0 Å². The van der Waals surface area contributed by atoms with Gasteiger partial charge in [0.15, 0.2) is 5.96 Å². The number of guanidine groups is 1. The van der Waals surface area contributed by atoms with E-state index in [1.807, 2.05) is 6.20 Å². The highest BCUT2D eigenvalue weighted by Gasteiger charge is 2.18. The predicted octanol–water partition coefficient (Wildman–Crippen LogP) is 2.88. The molecule has 2 heterocycles. The van der Waals surface area contributed by atoms with Gasteiger partial charge >= 0.3 is 0 Å². The molecule has 7 heteroatoms. The molecule has 29 heavy (non-hydrogen) atoms. The summed E-state index contributed by atoms with van der Waals surface area (Å²) >= 11 is 0. The highest BCUT2D eigenvalue weighted by atomic mass is 16.5. The van der Waals surface area contributed by atoms with Crippen molar-refractivity contribution in [1.82, 2.24) is 20.8 Å². The lowest BCUT2D eigenvalue weighted by molar-refractivity contribution is 0.140. The van der Waals surface area contributed by atoms with E-state index in [0.717, 1.165) is 61.9 Å². The number of H-pyrrole nitrogens is 1. The Morgan fingerprint density at radius 3 is 2.93 bits per heavy atom. The first-order chi connectivity index (χ1) is 14.2. The summed E-state index contributed by atoms with van der Waals surface area (Å²) in [5.74, 6) is 1.74. The van der Waals surface area contributed by atoms with Crippen LogP contribution in [0.5, 0.6) is 5.75 Å². The summed E-state index contributed by atoms with van der Waals surface area (Å²) < 4.78 is 11.6. The predicted molar refractivity (Wildman–Crippen MR) is 115 cm³/mol. The van der Waals surface area contributed by atoms with Crippen molar-refractivity contribution in [3.63, 3.8) is 0 Å². The summed E-state index contributed by atoms with van der Waals surface area (Å²) in [7, 11) is 0. The van der Waals surface area contributed by atoms with Gasteiger partial charge in [0.05, 0.1) is 26.0 Å². The molecule has 0 radical (unpaired) electrons. The molecule has 158 valence electrons. The first-order valence-electron chi connectivity index (χ1n) is 10.5. The Labute approximate surface area is 173 Å². The van der Waals surface area contributed by atoms with Crippen LogP contribution in [0.1, 0.15) is 42.1 Å². The molecule has 0 aliphatic carbocycles. The minimum atomic E-state index is 0.136. The van der Waals surface area contributed by atoms with Gasteiger partial charge in [-0.3, -0.25) is 5.10 Å². The zero-order valence-electron chi connectivity index (χ0n) is 17.8. The number of aromatic amines is 1. The van der Waals surface area contributed by atoms with Crippen LogP contribution in [-0.4, -0.2) is 48.6 Å². The summed E-state index contributed by atoms with van der Waals surface area (Å²) in [6, 6.07) is 6.31. The van der Waals surface area contributed by atoms with Crippen molar-refractivity contribution in [2.75, 3.05) is 26.3 Å². The Morgan fingerprint density at radius 2 is 2.21 bits per heavy atom. The smallest absolute Gasteiger partial charge is 0.191 e. The maximum Gasteiger partial charge on any atom is 0.191 e. The first-order valence-corrected chi connectivity index (χ1v) is 10.5. The monoisotopic (exact) mass is 399 g/mol. The number of benzene rings is 1. The minimum Gasteiger partial charge on any atom is -0.488 e. The van der Waals surface area contributed by atoms with Crippen LogP contribution in [0, 0.1) is 13.8 Å². The van der Waals surface area contributed by atoms with E-state index in [0.29, 0.717) is 13.2 Å². The second kappa shape index (κ2) is 10.9. The van der Waals surface area contributed by atoms with Crippen LogP contribution in [0.3, 0.4) is 0 Å². The Balaban J connectivity index is 1.56. The van der Waals surface area contributed by atoms with Gasteiger partial charge in [0.25, 0.3) is 0 Å². The average Bonchev–Trinajstić information content (AvgIpc) is 3.36. The van der Waals surface area contributed by atoms with Gasteiger partial charge in [0.1, 0.15) is 11.9 Å². The van der Waals surface area contributed by atoms with E-state index < -0.39 is 0 Å². The van der Waals surface area contributed by atoms with Gasteiger partial charge in [-0.15, -0.1) is 0 Å². The van der Waals surface area contributed by atoms with Crippen LogP contribution < -0.4 is 15.4 Å². The SMILES string of the molecule is CCNC(=NCc1ccc(C)cc1OC1CCOC1)NCCCc1cn[nH]c1C. The quantitative estimate of drug-likeness (QED) is 0.343. The lowest BCUT2D eigenvalue weighted by Crippen LogP contribution is -2.37. The molecular weight excluding hydrogens is 366 g/mol. The molecule has 3 N–H and O–H groups in total. The van der Waals surface area contributed by atoms with Gasteiger partial charge in [-0.1, -0.05) is 12.1 Å². The van der Waals surface area contributed by atoms with E-state index in [1.54, 1.807) is 0 Å². The number of rotatable bonds is 9. The summed E-state index contributed by atoms with van der Waals surface area (Å²) in [5.41, 5.74) is 4.69. The topological polar surface area (TPSA) is 83.6 Å². The molecule has 3 rings (SSSR count). The summed E-state index contributed by atoms with van der Waals surface area (Å²) in [4.78, 5) is 4.77. The van der Waals surface area contributed by atoms with Gasteiger partial charge in [-0.2, -0.15) is 5.10 Å². The molecule has 2 aromatic rings. The van der Waals surface area contributed by atoms with Crippen LogP contribution in [0.2, 0.25) is 0 Å². The molecule has 0 spiro atoms. The van der Waals surface area contributed by atoms with Crippen LogP contribution in [-0.2, 0) is 17.7 Å². The number of aliphatic imine (C=N–C) groups is 1. The lowest BCUT2D eigenvalue weighted by atomic mass is 10.1. The molecule has 0 saturated carbocycles. The lowest BCUT2D eigenvalue weighted by Gasteiger charge is -2.16. The highest BCUT2D eigenvalue weighted by Crippen LogP contribution is 2.24. The molecule has 0 amide bonds.